The van der Waals surface area contributed by atoms with Gasteiger partial charge in [-0.3, -0.25) is 0 Å². The Balaban J connectivity index is 1.51. The predicted molar refractivity (Wildman–Crippen MR) is 123 cm³/mol. The lowest BCUT2D eigenvalue weighted by Crippen LogP contribution is -2.43. The lowest BCUT2D eigenvalue weighted by Gasteiger charge is -2.34. The molecule has 0 atom stereocenters. The van der Waals surface area contributed by atoms with Crippen LogP contribution in [0.1, 0.15) is 55.1 Å². The second kappa shape index (κ2) is 9.46. The highest BCUT2D eigenvalue weighted by molar-refractivity contribution is 5.65. The molecule has 4 rings (SSSR count). The molecule has 1 saturated heterocycles. The summed E-state index contributed by atoms with van der Waals surface area (Å²) in [5.74, 6) is 3.80. The van der Waals surface area contributed by atoms with E-state index in [1.54, 1.807) is 37.2 Å². The third-order valence-electron chi connectivity index (χ3n) is 6.32. The minimum Gasteiger partial charge on any atom is -0.457 e. The lowest BCUT2D eigenvalue weighted by molar-refractivity contribution is -0.0117. The van der Waals surface area contributed by atoms with Crippen molar-refractivity contribution in [3.8, 4) is 6.01 Å². The summed E-state index contributed by atoms with van der Waals surface area (Å²) in [6, 6.07) is 5.70. The SMILES string of the molecule is Cc1nc(/C(N)=C(\COc2nccc(C3CCC3)n2)N(C)N)ccc1N1CCCC(F)(F)C1. The van der Waals surface area contributed by atoms with Gasteiger partial charge in [-0.25, -0.2) is 24.6 Å². The predicted octanol–water partition coefficient (Wildman–Crippen LogP) is 3.19. The van der Waals surface area contributed by atoms with Crippen LogP contribution < -0.4 is 21.2 Å². The van der Waals surface area contributed by atoms with E-state index < -0.39 is 5.92 Å². The summed E-state index contributed by atoms with van der Waals surface area (Å²) in [6.07, 6.45) is 5.55. The topological polar surface area (TPSA) is 106 Å². The standard InChI is InChI=1S/C23H31F2N7O/c1-15-19(32-12-4-10-23(24,25)14-32)8-7-18(29-15)21(26)20(31(2)27)13-33-22-28-11-9-17(30-22)16-5-3-6-16/h7-9,11,16H,3-6,10,12-14,26-27H2,1-2H3/b21-20-. The number of halogens is 2. The molecule has 2 aromatic heterocycles. The number of nitrogens with zero attached hydrogens (tertiary/aromatic N) is 5. The zero-order valence-electron chi connectivity index (χ0n) is 19.1. The molecule has 178 valence electrons. The van der Waals surface area contributed by atoms with E-state index in [2.05, 4.69) is 15.0 Å². The van der Waals surface area contributed by atoms with Crippen molar-refractivity contribution in [1.29, 1.82) is 0 Å². The van der Waals surface area contributed by atoms with Gasteiger partial charge in [0.2, 0.25) is 0 Å². The van der Waals surface area contributed by atoms with Crippen molar-refractivity contribution >= 4 is 11.4 Å². The van der Waals surface area contributed by atoms with Gasteiger partial charge in [0, 0.05) is 32.1 Å². The highest BCUT2D eigenvalue weighted by Gasteiger charge is 2.35. The minimum atomic E-state index is -2.69. The second-order valence-corrected chi connectivity index (χ2v) is 8.83. The Hall–Kier alpha value is -3.01. The number of ether oxygens (including phenoxy) is 1. The first kappa shape index (κ1) is 23.2. The maximum Gasteiger partial charge on any atom is 0.316 e. The van der Waals surface area contributed by atoms with Crippen LogP contribution in [0.4, 0.5) is 14.5 Å². The first-order chi connectivity index (χ1) is 15.7. The van der Waals surface area contributed by atoms with Crippen LogP contribution in [0.5, 0.6) is 6.01 Å². The van der Waals surface area contributed by atoms with Crippen LogP contribution in [0.25, 0.3) is 5.70 Å². The van der Waals surface area contributed by atoms with E-state index in [1.807, 2.05) is 6.07 Å². The summed E-state index contributed by atoms with van der Waals surface area (Å²) in [7, 11) is 1.66. The third-order valence-corrected chi connectivity index (χ3v) is 6.32. The summed E-state index contributed by atoms with van der Waals surface area (Å²) < 4.78 is 33.5. The van der Waals surface area contributed by atoms with Gasteiger partial charge in [0.05, 0.1) is 40.7 Å². The number of hydrazine groups is 1. The van der Waals surface area contributed by atoms with Crippen LogP contribution in [0.3, 0.4) is 0 Å². The quantitative estimate of drug-likeness (QED) is 0.480. The largest absolute Gasteiger partial charge is 0.457 e. The third kappa shape index (κ3) is 5.32. The van der Waals surface area contributed by atoms with Crippen molar-refractivity contribution in [3.63, 3.8) is 0 Å². The average molecular weight is 460 g/mol. The molecule has 0 aromatic carbocycles. The Labute approximate surface area is 192 Å². The van der Waals surface area contributed by atoms with E-state index in [-0.39, 0.29) is 25.6 Å². The summed E-state index contributed by atoms with van der Waals surface area (Å²) in [5, 5.41) is 1.38. The van der Waals surface area contributed by atoms with Crippen molar-refractivity contribution in [2.24, 2.45) is 11.6 Å². The van der Waals surface area contributed by atoms with Crippen molar-refractivity contribution in [2.75, 3.05) is 31.6 Å². The number of piperidine rings is 1. The number of rotatable bonds is 7. The summed E-state index contributed by atoms with van der Waals surface area (Å²) in [6.45, 7) is 2.13. The molecule has 0 bridgehead atoms. The molecule has 33 heavy (non-hydrogen) atoms. The van der Waals surface area contributed by atoms with E-state index in [1.165, 1.54) is 11.4 Å². The number of nitrogens with two attached hydrogens (primary N) is 2. The van der Waals surface area contributed by atoms with Crippen molar-refractivity contribution < 1.29 is 13.5 Å². The van der Waals surface area contributed by atoms with E-state index in [9.17, 15) is 8.78 Å². The molecule has 1 aliphatic heterocycles. The fourth-order valence-electron chi connectivity index (χ4n) is 4.21. The molecule has 1 aliphatic carbocycles. The van der Waals surface area contributed by atoms with Crippen LogP contribution >= 0.6 is 0 Å². The van der Waals surface area contributed by atoms with E-state index in [0.29, 0.717) is 47.4 Å². The van der Waals surface area contributed by atoms with Gasteiger partial charge in [-0.05, 0) is 44.4 Å². The van der Waals surface area contributed by atoms with Gasteiger partial charge >= 0.3 is 6.01 Å². The van der Waals surface area contributed by atoms with E-state index >= 15 is 0 Å². The molecule has 8 nitrogen and oxygen atoms in total. The van der Waals surface area contributed by atoms with Gasteiger partial charge in [-0.15, -0.1) is 0 Å². The number of hydrogen-bond donors (Lipinski definition) is 2. The fraction of sp³-hybridized carbons (Fsp3) is 0.522. The Morgan fingerprint density at radius 1 is 1.24 bits per heavy atom. The molecule has 3 heterocycles. The van der Waals surface area contributed by atoms with Gasteiger partial charge in [-0.1, -0.05) is 6.42 Å². The van der Waals surface area contributed by atoms with Crippen molar-refractivity contribution in [1.82, 2.24) is 20.0 Å². The fourth-order valence-corrected chi connectivity index (χ4v) is 4.21. The summed E-state index contributed by atoms with van der Waals surface area (Å²) in [5.41, 5.74) is 10.1. The lowest BCUT2D eigenvalue weighted by atomic mass is 9.83. The molecule has 0 amide bonds. The molecular formula is C23H31F2N7O. The Kier molecular flexibility index (Phi) is 6.64. The maximum atomic E-state index is 13.9. The smallest absolute Gasteiger partial charge is 0.316 e. The highest BCUT2D eigenvalue weighted by Crippen LogP contribution is 2.35. The highest BCUT2D eigenvalue weighted by atomic mass is 19.3. The van der Waals surface area contributed by atoms with Gasteiger partial charge in [0.1, 0.15) is 6.61 Å². The summed E-state index contributed by atoms with van der Waals surface area (Å²) >= 11 is 0. The monoisotopic (exact) mass is 459 g/mol. The number of aromatic nitrogens is 3. The first-order valence-electron chi connectivity index (χ1n) is 11.3. The molecule has 10 heteroatoms. The zero-order chi connectivity index (χ0) is 23.6. The van der Waals surface area contributed by atoms with Crippen LogP contribution in [0.15, 0.2) is 30.1 Å². The molecule has 0 unspecified atom stereocenters. The average Bonchev–Trinajstić information content (AvgIpc) is 2.71. The van der Waals surface area contributed by atoms with Crippen LogP contribution in [-0.2, 0) is 0 Å². The van der Waals surface area contributed by atoms with Gasteiger partial charge in [0.15, 0.2) is 0 Å². The van der Waals surface area contributed by atoms with Crippen molar-refractivity contribution in [3.05, 3.63) is 47.2 Å². The Morgan fingerprint density at radius 2 is 2.03 bits per heavy atom. The Bertz CT molecular complexity index is 1020. The molecular weight excluding hydrogens is 428 g/mol. The molecule has 1 saturated carbocycles. The molecule has 4 N–H and O–H groups in total. The van der Waals surface area contributed by atoms with Gasteiger partial charge in [-0.2, -0.15) is 4.98 Å². The number of likely N-dealkylation sites (N-methyl/N-ethyl adjacent to an activating group) is 1. The van der Waals surface area contributed by atoms with E-state index in [0.717, 1.165) is 18.5 Å². The zero-order valence-corrected chi connectivity index (χ0v) is 19.1. The number of hydrogen-bond acceptors (Lipinski definition) is 8. The van der Waals surface area contributed by atoms with Crippen molar-refractivity contribution in [2.45, 2.75) is 50.9 Å². The van der Waals surface area contributed by atoms with E-state index in [4.69, 9.17) is 16.3 Å². The molecule has 2 aromatic rings. The number of alkyl halides is 2. The van der Waals surface area contributed by atoms with Gasteiger partial charge < -0.3 is 20.4 Å². The maximum absolute atomic E-state index is 13.9. The number of pyridine rings is 1. The molecule has 0 spiro atoms. The normalized spacial score (nSPS) is 19.0. The summed E-state index contributed by atoms with van der Waals surface area (Å²) in [4.78, 5) is 15.0. The van der Waals surface area contributed by atoms with Crippen LogP contribution in [-0.4, -0.2) is 52.6 Å². The first-order valence-corrected chi connectivity index (χ1v) is 11.3. The molecule has 2 fully saturated rings. The second-order valence-electron chi connectivity index (χ2n) is 8.83. The van der Waals surface area contributed by atoms with Gasteiger partial charge in [0.25, 0.3) is 5.92 Å². The molecule has 2 aliphatic rings. The minimum absolute atomic E-state index is 0.0633. The van der Waals surface area contributed by atoms with Crippen LogP contribution in [0.2, 0.25) is 0 Å². The van der Waals surface area contributed by atoms with Crippen LogP contribution in [0, 0.1) is 6.92 Å². The number of aryl methyl sites for hydroxylation is 1. The molecule has 0 radical (unpaired) electrons. The Morgan fingerprint density at radius 3 is 2.67 bits per heavy atom. The number of anilines is 1.